The molecule has 0 heterocycles. The van der Waals surface area contributed by atoms with E-state index in [2.05, 4.69) is 0 Å². The van der Waals surface area contributed by atoms with Gasteiger partial charge >= 0.3 is 11.7 Å². The first kappa shape index (κ1) is 15.9. The van der Waals surface area contributed by atoms with Crippen molar-refractivity contribution >= 4 is 11.7 Å². The zero-order chi connectivity index (χ0) is 15.1. The molecule has 0 aromatic heterocycles. The Labute approximate surface area is 116 Å². The molecule has 0 saturated heterocycles. The first-order valence-corrected chi connectivity index (χ1v) is 6.14. The van der Waals surface area contributed by atoms with Crippen molar-refractivity contribution < 1.29 is 24.3 Å². The van der Waals surface area contributed by atoms with Gasteiger partial charge in [-0.25, -0.2) is 4.79 Å². The number of hydrogen-bond donors (Lipinski definition) is 1. The minimum Gasteiger partial charge on any atom is -0.484 e. The summed E-state index contributed by atoms with van der Waals surface area (Å²) in [6.45, 7) is 4.98. The lowest BCUT2D eigenvalue weighted by Gasteiger charge is -2.09. The topological polar surface area (TPSA) is 98.9 Å². The maximum Gasteiger partial charge on any atom is 0.342 e. The molecule has 0 atom stereocenters. The fourth-order valence-electron chi connectivity index (χ4n) is 1.53. The summed E-state index contributed by atoms with van der Waals surface area (Å²) in [6, 6.07) is 3.94. The van der Waals surface area contributed by atoms with Gasteiger partial charge < -0.3 is 14.6 Å². The molecule has 0 radical (unpaired) electrons. The molecule has 0 bridgehead atoms. The van der Waals surface area contributed by atoms with Crippen molar-refractivity contribution in [2.75, 3.05) is 19.8 Å². The highest BCUT2D eigenvalue weighted by Gasteiger charge is 2.25. The summed E-state index contributed by atoms with van der Waals surface area (Å²) in [5, 5.41) is 19.9. The quantitative estimate of drug-likeness (QED) is 0.446. The number of aromatic carboxylic acids is 1. The van der Waals surface area contributed by atoms with Crippen LogP contribution in [0.2, 0.25) is 0 Å². The molecule has 110 valence electrons. The number of hydrogen-bond acceptors (Lipinski definition) is 5. The highest BCUT2D eigenvalue weighted by molar-refractivity contribution is 5.93. The first-order valence-electron chi connectivity index (χ1n) is 6.14. The fraction of sp³-hybridized carbons (Fsp3) is 0.462. The Morgan fingerprint density at radius 1 is 1.40 bits per heavy atom. The van der Waals surface area contributed by atoms with E-state index in [1.165, 1.54) is 18.2 Å². The lowest BCUT2D eigenvalue weighted by atomic mass is 10.1. The van der Waals surface area contributed by atoms with Crippen molar-refractivity contribution in [2.45, 2.75) is 13.8 Å². The SMILES string of the molecule is CC(C)COCCOc1cccc(C(=O)O)c1[N+](=O)[O-]. The van der Waals surface area contributed by atoms with Gasteiger partial charge in [0, 0.05) is 6.61 Å². The Kier molecular flexibility index (Phi) is 5.92. The minimum absolute atomic E-state index is 0.0666. The second-order valence-corrected chi connectivity index (χ2v) is 4.53. The van der Waals surface area contributed by atoms with Crippen LogP contribution >= 0.6 is 0 Å². The fourth-order valence-corrected chi connectivity index (χ4v) is 1.53. The number of carboxylic acid groups (broad SMARTS) is 1. The van der Waals surface area contributed by atoms with E-state index in [1.807, 2.05) is 13.8 Å². The van der Waals surface area contributed by atoms with Crippen LogP contribution in [0.15, 0.2) is 18.2 Å². The molecule has 0 spiro atoms. The van der Waals surface area contributed by atoms with Crippen LogP contribution in [0.5, 0.6) is 5.75 Å². The van der Waals surface area contributed by atoms with E-state index in [0.29, 0.717) is 12.5 Å². The molecule has 7 heteroatoms. The van der Waals surface area contributed by atoms with Gasteiger partial charge in [0.05, 0.1) is 11.5 Å². The molecular weight excluding hydrogens is 266 g/mol. The van der Waals surface area contributed by atoms with Crippen LogP contribution in [0.4, 0.5) is 5.69 Å². The molecule has 0 aliphatic carbocycles. The predicted molar refractivity (Wildman–Crippen MR) is 71.2 cm³/mol. The summed E-state index contributed by atoms with van der Waals surface area (Å²) >= 11 is 0. The van der Waals surface area contributed by atoms with Gasteiger partial charge in [0.2, 0.25) is 0 Å². The van der Waals surface area contributed by atoms with Gasteiger partial charge in [-0.15, -0.1) is 0 Å². The van der Waals surface area contributed by atoms with E-state index in [-0.39, 0.29) is 19.0 Å². The van der Waals surface area contributed by atoms with E-state index in [0.717, 1.165) is 0 Å². The molecule has 0 fully saturated rings. The lowest BCUT2D eigenvalue weighted by molar-refractivity contribution is -0.386. The maximum absolute atomic E-state index is 11.0. The zero-order valence-electron chi connectivity index (χ0n) is 11.4. The summed E-state index contributed by atoms with van der Waals surface area (Å²) in [6.07, 6.45) is 0. The predicted octanol–water partition coefficient (Wildman–Crippen LogP) is 2.34. The number of ether oxygens (including phenoxy) is 2. The summed E-state index contributed by atoms with van der Waals surface area (Å²) < 4.78 is 10.5. The smallest absolute Gasteiger partial charge is 0.342 e. The lowest BCUT2D eigenvalue weighted by Crippen LogP contribution is -2.12. The Balaban J connectivity index is 2.72. The number of nitro groups is 1. The second kappa shape index (κ2) is 7.44. The maximum atomic E-state index is 11.0. The Hall–Kier alpha value is -2.15. The Bertz CT molecular complexity index is 486. The number of para-hydroxylation sites is 1. The molecule has 0 unspecified atom stereocenters. The third kappa shape index (κ3) is 4.51. The monoisotopic (exact) mass is 283 g/mol. The standard InChI is InChI=1S/C13H17NO6/c1-9(2)8-19-6-7-20-11-5-3-4-10(13(15)16)12(11)14(17)18/h3-5,9H,6-8H2,1-2H3,(H,15,16). The molecule has 7 nitrogen and oxygen atoms in total. The normalized spacial score (nSPS) is 10.6. The number of nitro benzene ring substituents is 1. The van der Waals surface area contributed by atoms with Crippen molar-refractivity contribution in [3.63, 3.8) is 0 Å². The van der Waals surface area contributed by atoms with E-state index < -0.39 is 22.1 Å². The second-order valence-electron chi connectivity index (χ2n) is 4.53. The average molecular weight is 283 g/mol. The molecule has 0 aliphatic rings. The summed E-state index contributed by atoms with van der Waals surface area (Å²) in [5.74, 6) is -1.04. The van der Waals surface area contributed by atoms with Gasteiger partial charge in [-0.3, -0.25) is 10.1 Å². The molecule has 0 amide bonds. The largest absolute Gasteiger partial charge is 0.484 e. The minimum atomic E-state index is -1.36. The van der Waals surface area contributed by atoms with Crippen molar-refractivity contribution in [3.05, 3.63) is 33.9 Å². The summed E-state index contributed by atoms with van der Waals surface area (Å²) in [5.41, 5.74) is -0.931. The number of nitrogens with zero attached hydrogens (tertiary/aromatic N) is 1. The van der Waals surface area contributed by atoms with Crippen molar-refractivity contribution in [3.8, 4) is 5.75 Å². The number of benzene rings is 1. The van der Waals surface area contributed by atoms with Crippen LogP contribution < -0.4 is 4.74 Å². The van der Waals surface area contributed by atoms with Gasteiger partial charge in [-0.05, 0) is 18.1 Å². The van der Waals surface area contributed by atoms with Gasteiger partial charge in [0.25, 0.3) is 0 Å². The molecule has 1 aromatic carbocycles. The van der Waals surface area contributed by atoms with Crippen molar-refractivity contribution in [1.29, 1.82) is 0 Å². The summed E-state index contributed by atoms with van der Waals surface area (Å²) in [7, 11) is 0. The molecule has 0 aliphatic heterocycles. The van der Waals surface area contributed by atoms with Crippen molar-refractivity contribution in [1.82, 2.24) is 0 Å². The van der Waals surface area contributed by atoms with Gasteiger partial charge in [0.15, 0.2) is 5.75 Å². The van der Waals surface area contributed by atoms with E-state index in [9.17, 15) is 14.9 Å². The average Bonchev–Trinajstić information content (AvgIpc) is 2.37. The Morgan fingerprint density at radius 2 is 2.10 bits per heavy atom. The molecule has 1 N–H and O–H groups in total. The van der Waals surface area contributed by atoms with Crippen LogP contribution in [0.3, 0.4) is 0 Å². The van der Waals surface area contributed by atoms with Gasteiger partial charge in [-0.2, -0.15) is 0 Å². The van der Waals surface area contributed by atoms with Crippen molar-refractivity contribution in [2.24, 2.45) is 5.92 Å². The Morgan fingerprint density at radius 3 is 2.65 bits per heavy atom. The van der Waals surface area contributed by atoms with E-state index in [1.54, 1.807) is 0 Å². The third-order valence-corrected chi connectivity index (χ3v) is 2.35. The van der Waals surface area contributed by atoms with E-state index >= 15 is 0 Å². The van der Waals surface area contributed by atoms with Crippen LogP contribution in [0.1, 0.15) is 24.2 Å². The first-order chi connectivity index (χ1) is 9.43. The highest BCUT2D eigenvalue weighted by Crippen LogP contribution is 2.30. The molecule has 1 aromatic rings. The highest BCUT2D eigenvalue weighted by atomic mass is 16.6. The number of carbonyl (C=O) groups is 1. The van der Waals surface area contributed by atoms with Crippen LogP contribution in [-0.2, 0) is 4.74 Å². The van der Waals surface area contributed by atoms with Gasteiger partial charge in [0.1, 0.15) is 12.2 Å². The van der Waals surface area contributed by atoms with Gasteiger partial charge in [-0.1, -0.05) is 19.9 Å². The van der Waals surface area contributed by atoms with Crippen LogP contribution in [0, 0.1) is 16.0 Å². The third-order valence-electron chi connectivity index (χ3n) is 2.35. The summed E-state index contributed by atoms with van der Waals surface area (Å²) in [4.78, 5) is 21.1. The molecular formula is C13H17NO6. The molecule has 20 heavy (non-hydrogen) atoms. The van der Waals surface area contributed by atoms with Crippen LogP contribution in [-0.4, -0.2) is 35.8 Å². The zero-order valence-corrected chi connectivity index (χ0v) is 11.4. The van der Waals surface area contributed by atoms with E-state index in [4.69, 9.17) is 14.6 Å². The molecule has 1 rings (SSSR count). The molecule has 0 saturated carbocycles. The number of rotatable bonds is 8. The number of carboxylic acids is 1. The van der Waals surface area contributed by atoms with Crippen LogP contribution in [0.25, 0.3) is 0 Å².